The van der Waals surface area contributed by atoms with Crippen molar-refractivity contribution in [3.05, 3.63) is 0 Å². The fourth-order valence-corrected chi connectivity index (χ4v) is 1.98. The number of hydrogen-bond acceptors (Lipinski definition) is 7. The molecule has 0 bridgehead atoms. The van der Waals surface area contributed by atoms with Crippen LogP contribution in [0.5, 0.6) is 0 Å². The molecule has 2 saturated heterocycles. The maximum Gasteiger partial charge on any atom is 0.251 e. The molecule has 5 N–H and O–H groups in total. The van der Waals surface area contributed by atoms with Gasteiger partial charge in [0.15, 0.2) is 12.4 Å². The van der Waals surface area contributed by atoms with Gasteiger partial charge in [-0.05, 0) is 6.42 Å². The normalized spacial score (nSPS) is 45.7. The molecule has 0 aliphatic carbocycles. The van der Waals surface area contributed by atoms with E-state index in [9.17, 15) is 25.2 Å². The molecular formula is C10H17NO7. The molecule has 0 saturated carbocycles. The van der Waals surface area contributed by atoms with Gasteiger partial charge < -0.3 is 35.2 Å². The van der Waals surface area contributed by atoms with E-state index >= 15 is 0 Å². The molecule has 2 aliphatic heterocycles. The molecule has 6 atom stereocenters. The molecule has 8 nitrogen and oxygen atoms in total. The number of nitrogens with one attached hydrogen (secondary N) is 1. The summed E-state index contributed by atoms with van der Waals surface area (Å²) in [5.74, 6) is -0.544. The van der Waals surface area contributed by atoms with Crippen molar-refractivity contribution < 1.29 is 34.7 Å². The SMILES string of the molecule is O=C1NCC[C@H](O[C@@H]2OC[C@H](O)C(O)C2O)C1O. The summed E-state index contributed by atoms with van der Waals surface area (Å²) < 4.78 is 10.3. The average molecular weight is 263 g/mol. The van der Waals surface area contributed by atoms with Crippen LogP contribution in [0.15, 0.2) is 0 Å². The molecule has 104 valence electrons. The Labute approximate surface area is 103 Å². The second-order valence-electron chi connectivity index (χ2n) is 4.45. The number of carbonyl (C=O) groups is 1. The Balaban J connectivity index is 1.94. The Hall–Kier alpha value is -0.770. The number of piperidine rings is 1. The van der Waals surface area contributed by atoms with Crippen molar-refractivity contribution in [3.8, 4) is 0 Å². The van der Waals surface area contributed by atoms with E-state index in [2.05, 4.69) is 5.32 Å². The molecule has 18 heavy (non-hydrogen) atoms. The van der Waals surface area contributed by atoms with Crippen molar-refractivity contribution in [3.63, 3.8) is 0 Å². The molecule has 0 spiro atoms. The highest BCUT2D eigenvalue weighted by molar-refractivity contribution is 5.81. The van der Waals surface area contributed by atoms with Crippen LogP contribution in [0.1, 0.15) is 6.42 Å². The van der Waals surface area contributed by atoms with E-state index in [1.54, 1.807) is 0 Å². The summed E-state index contributed by atoms with van der Waals surface area (Å²) >= 11 is 0. The third kappa shape index (κ3) is 2.63. The summed E-state index contributed by atoms with van der Waals surface area (Å²) in [7, 11) is 0. The average Bonchev–Trinajstić information content (AvgIpc) is 2.35. The van der Waals surface area contributed by atoms with Gasteiger partial charge in [0.1, 0.15) is 18.3 Å². The summed E-state index contributed by atoms with van der Waals surface area (Å²) in [6, 6.07) is 0. The van der Waals surface area contributed by atoms with Crippen molar-refractivity contribution in [1.29, 1.82) is 0 Å². The van der Waals surface area contributed by atoms with Gasteiger partial charge in [-0.3, -0.25) is 4.79 Å². The van der Waals surface area contributed by atoms with E-state index in [4.69, 9.17) is 9.47 Å². The second kappa shape index (κ2) is 5.47. The molecule has 2 heterocycles. The first-order chi connectivity index (χ1) is 8.50. The smallest absolute Gasteiger partial charge is 0.251 e. The minimum atomic E-state index is -1.43. The maximum absolute atomic E-state index is 11.2. The van der Waals surface area contributed by atoms with Crippen LogP contribution in [-0.4, -0.2) is 76.3 Å². The van der Waals surface area contributed by atoms with Crippen molar-refractivity contribution in [2.24, 2.45) is 0 Å². The molecule has 2 aliphatic rings. The highest BCUT2D eigenvalue weighted by atomic mass is 16.7. The summed E-state index contributed by atoms with van der Waals surface area (Å²) in [4.78, 5) is 11.2. The second-order valence-corrected chi connectivity index (χ2v) is 4.45. The van der Waals surface area contributed by atoms with Crippen LogP contribution in [0.3, 0.4) is 0 Å². The number of hydrogen-bond donors (Lipinski definition) is 5. The first kappa shape index (κ1) is 13.7. The third-order valence-corrected chi connectivity index (χ3v) is 3.11. The van der Waals surface area contributed by atoms with Gasteiger partial charge in [0.2, 0.25) is 0 Å². The van der Waals surface area contributed by atoms with Crippen LogP contribution in [0, 0.1) is 0 Å². The van der Waals surface area contributed by atoms with E-state index in [0.717, 1.165) is 0 Å². The fourth-order valence-electron chi connectivity index (χ4n) is 1.98. The minimum Gasteiger partial charge on any atom is -0.388 e. The monoisotopic (exact) mass is 263 g/mol. The zero-order valence-electron chi connectivity index (χ0n) is 9.60. The Morgan fingerprint density at radius 3 is 2.67 bits per heavy atom. The molecule has 0 aromatic heterocycles. The van der Waals surface area contributed by atoms with Crippen LogP contribution in [0.25, 0.3) is 0 Å². The van der Waals surface area contributed by atoms with Gasteiger partial charge in [-0.25, -0.2) is 0 Å². The van der Waals surface area contributed by atoms with E-state index < -0.39 is 42.7 Å². The van der Waals surface area contributed by atoms with E-state index in [0.29, 0.717) is 13.0 Å². The van der Waals surface area contributed by atoms with E-state index in [1.165, 1.54) is 0 Å². The lowest BCUT2D eigenvalue weighted by molar-refractivity contribution is -0.290. The summed E-state index contributed by atoms with van der Waals surface area (Å²) in [6.45, 7) is 0.173. The molecule has 8 heteroatoms. The topological polar surface area (TPSA) is 128 Å². The molecule has 1 amide bonds. The highest BCUT2D eigenvalue weighted by Gasteiger charge is 2.41. The first-order valence-corrected chi connectivity index (χ1v) is 5.77. The molecule has 0 radical (unpaired) electrons. The van der Waals surface area contributed by atoms with Crippen molar-refractivity contribution in [2.75, 3.05) is 13.2 Å². The first-order valence-electron chi connectivity index (χ1n) is 5.77. The highest BCUT2D eigenvalue weighted by Crippen LogP contribution is 2.21. The Bertz CT molecular complexity index is 313. The zero-order valence-corrected chi connectivity index (χ0v) is 9.60. The Morgan fingerprint density at radius 1 is 1.22 bits per heavy atom. The number of ether oxygens (including phenoxy) is 2. The van der Waals surface area contributed by atoms with Crippen molar-refractivity contribution in [1.82, 2.24) is 5.32 Å². The quantitative estimate of drug-likeness (QED) is 0.353. The maximum atomic E-state index is 11.2. The van der Waals surface area contributed by atoms with Gasteiger partial charge in [-0.15, -0.1) is 0 Å². The third-order valence-electron chi connectivity index (χ3n) is 3.11. The lowest BCUT2D eigenvalue weighted by atomic mass is 10.0. The summed E-state index contributed by atoms with van der Waals surface area (Å²) in [5.41, 5.74) is 0. The number of aliphatic hydroxyl groups is 4. The Morgan fingerprint density at radius 2 is 1.94 bits per heavy atom. The predicted octanol–water partition coefficient (Wildman–Crippen LogP) is -3.31. The van der Waals surface area contributed by atoms with Crippen molar-refractivity contribution in [2.45, 2.75) is 43.2 Å². The van der Waals surface area contributed by atoms with E-state index in [1.807, 2.05) is 0 Å². The number of aliphatic hydroxyl groups excluding tert-OH is 4. The van der Waals surface area contributed by atoms with Gasteiger partial charge in [-0.1, -0.05) is 0 Å². The van der Waals surface area contributed by atoms with Gasteiger partial charge in [-0.2, -0.15) is 0 Å². The van der Waals surface area contributed by atoms with Crippen LogP contribution >= 0.6 is 0 Å². The largest absolute Gasteiger partial charge is 0.388 e. The van der Waals surface area contributed by atoms with Gasteiger partial charge in [0.05, 0.1) is 12.7 Å². The minimum absolute atomic E-state index is 0.183. The number of amides is 1. The predicted molar refractivity (Wildman–Crippen MR) is 56.3 cm³/mol. The van der Waals surface area contributed by atoms with Crippen LogP contribution in [0.2, 0.25) is 0 Å². The molecule has 2 fully saturated rings. The zero-order chi connectivity index (χ0) is 13.3. The lowest BCUT2D eigenvalue weighted by Crippen LogP contribution is -2.57. The summed E-state index contributed by atoms with van der Waals surface area (Å²) in [5, 5.41) is 40.4. The molecule has 0 aromatic rings. The summed E-state index contributed by atoms with van der Waals surface area (Å²) in [6.07, 6.45) is -6.92. The Kier molecular flexibility index (Phi) is 4.15. The van der Waals surface area contributed by atoms with Crippen LogP contribution in [0.4, 0.5) is 0 Å². The van der Waals surface area contributed by atoms with E-state index in [-0.39, 0.29) is 6.61 Å². The number of carbonyl (C=O) groups excluding carboxylic acids is 1. The van der Waals surface area contributed by atoms with Gasteiger partial charge in [0.25, 0.3) is 5.91 Å². The van der Waals surface area contributed by atoms with Gasteiger partial charge in [0, 0.05) is 6.54 Å². The number of rotatable bonds is 2. The lowest BCUT2D eigenvalue weighted by Gasteiger charge is -2.38. The molecule has 0 aromatic carbocycles. The standard InChI is InChI=1S/C10H17NO7/c12-4-3-17-10(8(15)6(4)13)18-5-1-2-11-9(16)7(5)14/h4-8,10,12-15H,1-3H2,(H,11,16)/t4-,5-,6?,7?,8?,10-/m0/s1. The molecule has 2 rings (SSSR count). The van der Waals surface area contributed by atoms with Crippen LogP contribution in [-0.2, 0) is 14.3 Å². The van der Waals surface area contributed by atoms with Crippen LogP contribution < -0.4 is 5.32 Å². The fraction of sp³-hybridized carbons (Fsp3) is 0.900. The van der Waals surface area contributed by atoms with Gasteiger partial charge >= 0.3 is 0 Å². The molecular weight excluding hydrogens is 246 g/mol. The van der Waals surface area contributed by atoms with Crippen molar-refractivity contribution >= 4 is 5.91 Å². The molecule has 3 unspecified atom stereocenters.